The summed E-state index contributed by atoms with van der Waals surface area (Å²) in [7, 11) is 0. The van der Waals surface area contributed by atoms with Crippen molar-refractivity contribution in [2.75, 3.05) is 0 Å². The van der Waals surface area contributed by atoms with Crippen LogP contribution in [0.2, 0.25) is 0 Å². The molecule has 2 N–H and O–H groups in total. The van der Waals surface area contributed by atoms with Gasteiger partial charge in [0.15, 0.2) is 0 Å². The highest BCUT2D eigenvalue weighted by Gasteiger charge is 2.32. The normalized spacial score (nSPS) is 14.2. The van der Waals surface area contributed by atoms with Gasteiger partial charge in [-0.15, -0.1) is 0 Å². The molecule has 0 fully saturated rings. The van der Waals surface area contributed by atoms with Gasteiger partial charge in [-0.2, -0.15) is 0 Å². The summed E-state index contributed by atoms with van der Waals surface area (Å²) in [6.07, 6.45) is -1.91. The summed E-state index contributed by atoms with van der Waals surface area (Å²) in [5.74, 6) is -2.05. The van der Waals surface area contributed by atoms with Crippen LogP contribution in [-0.2, 0) is 19.1 Å². The third-order valence-corrected chi connectivity index (χ3v) is 2.04. The maximum absolute atomic E-state index is 11.6. The highest BCUT2D eigenvalue weighted by Crippen LogP contribution is 2.10. The van der Waals surface area contributed by atoms with Crippen LogP contribution < -0.4 is 5.32 Å². The second kappa shape index (κ2) is 6.96. The van der Waals surface area contributed by atoms with Gasteiger partial charge in [-0.3, -0.25) is 4.79 Å². The number of amides is 1. The van der Waals surface area contributed by atoms with Gasteiger partial charge < -0.3 is 19.9 Å². The van der Waals surface area contributed by atoms with Crippen molar-refractivity contribution in [1.82, 2.24) is 5.32 Å². The lowest BCUT2D eigenvalue weighted by Gasteiger charge is -2.26. The molecule has 1 amide bonds. The first kappa shape index (κ1) is 17.2. The number of esters is 1. The minimum atomic E-state index is -1.44. The molecule has 0 saturated heterocycles. The number of aliphatic carboxylic acids is 1. The first-order valence-corrected chi connectivity index (χ1v) is 5.96. The lowest BCUT2D eigenvalue weighted by atomic mass is 10.1. The predicted octanol–water partition coefficient (Wildman–Crippen LogP) is 1.31. The summed E-state index contributed by atoms with van der Waals surface area (Å²) in [6.45, 7) is 7.84. The molecule has 0 rings (SSSR count). The average molecular weight is 275 g/mol. The Balaban J connectivity index is 4.73. The molecule has 0 aromatic rings. The van der Waals surface area contributed by atoms with Gasteiger partial charge in [-0.05, 0) is 27.2 Å². The summed E-state index contributed by atoms with van der Waals surface area (Å²) in [5.41, 5.74) is -0.692. The van der Waals surface area contributed by atoms with Crippen molar-refractivity contribution in [2.24, 2.45) is 0 Å². The molecule has 7 nitrogen and oxygen atoms in total. The summed E-state index contributed by atoms with van der Waals surface area (Å²) in [6, 6.07) is -0.851. The van der Waals surface area contributed by atoms with Crippen LogP contribution in [0.4, 0.5) is 4.79 Å². The Bertz CT molecular complexity index is 347. The highest BCUT2D eigenvalue weighted by atomic mass is 16.6. The monoisotopic (exact) mass is 275 g/mol. The Morgan fingerprint density at radius 2 is 1.79 bits per heavy atom. The number of hydrogen-bond acceptors (Lipinski definition) is 5. The smallest absolute Gasteiger partial charge is 0.408 e. The van der Waals surface area contributed by atoms with Crippen molar-refractivity contribution < 1.29 is 29.0 Å². The molecular weight excluding hydrogens is 254 g/mol. The van der Waals surface area contributed by atoms with E-state index in [2.05, 4.69) is 10.1 Å². The minimum absolute atomic E-state index is 0.281. The van der Waals surface area contributed by atoms with Crippen molar-refractivity contribution >= 4 is 18.0 Å². The summed E-state index contributed by atoms with van der Waals surface area (Å²) < 4.78 is 9.71. The van der Waals surface area contributed by atoms with Gasteiger partial charge in [0, 0.05) is 6.92 Å². The van der Waals surface area contributed by atoms with E-state index in [0.29, 0.717) is 0 Å². The quantitative estimate of drug-likeness (QED) is 0.733. The van der Waals surface area contributed by atoms with Crippen LogP contribution in [0.1, 0.15) is 41.0 Å². The number of carboxylic acid groups (broad SMARTS) is 1. The SMILES string of the molecule is CC[C@H](NC(=O)OC(C)(C)C)C(OC(C)=O)C(=O)O. The van der Waals surface area contributed by atoms with E-state index in [9.17, 15) is 14.4 Å². The van der Waals surface area contributed by atoms with Gasteiger partial charge in [-0.1, -0.05) is 6.92 Å². The molecule has 1 unspecified atom stereocenters. The molecule has 0 spiro atoms. The average Bonchev–Trinajstić information content (AvgIpc) is 2.19. The predicted molar refractivity (Wildman–Crippen MR) is 66.6 cm³/mol. The number of nitrogens with one attached hydrogen (secondary N) is 1. The first-order valence-electron chi connectivity index (χ1n) is 5.96. The Morgan fingerprint density at radius 1 is 1.26 bits per heavy atom. The Hall–Kier alpha value is -1.79. The lowest BCUT2D eigenvalue weighted by molar-refractivity contribution is -0.164. The van der Waals surface area contributed by atoms with Crippen molar-refractivity contribution in [2.45, 2.75) is 58.8 Å². The molecule has 19 heavy (non-hydrogen) atoms. The number of ether oxygens (including phenoxy) is 2. The van der Waals surface area contributed by atoms with Crippen molar-refractivity contribution in [1.29, 1.82) is 0 Å². The van der Waals surface area contributed by atoms with Crippen LogP contribution in [0.3, 0.4) is 0 Å². The van der Waals surface area contributed by atoms with E-state index in [1.165, 1.54) is 0 Å². The molecule has 0 aliphatic carbocycles. The highest BCUT2D eigenvalue weighted by molar-refractivity contribution is 5.79. The van der Waals surface area contributed by atoms with Crippen LogP contribution in [0.25, 0.3) is 0 Å². The third kappa shape index (κ3) is 7.28. The molecule has 0 radical (unpaired) electrons. The Kier molecular flexibility index (Phi) is 6.31. The number of rotatable bonds is 5. The van der Waals surface area contributed by atoms with Gasteiger partial charge in [-0.25, -0.2) is 9.59 Å². The second-order valence-corrected chi connectivity index (χ2v) is 5.03. The van der Waals surface area contributed by atoms with Crippen molar-refractivity contribution in [3.8, 4) is 0 Å². The topological polar surface area (TPSA) is 102 Å². The largest absolute Gasteiger partial charge is 0.478 e. The van der Waals surface area contributed by atoms with Crippen LogP contribution in [0.15, 0.2) is 0 Å². The van der Waals surface area contributed by atoms with E-state index < -0.39 is 35.8 Å². The van der Waals surface area contributed by atoms with Crippen LogP contribution in [-0.4, -0.2) is 40.9 Å². The molecule has 2 atom stereocenters. The van der Waals surface area contributed by atoms with E-state index in [4.69, 9.17) is 9.84 Å². The van der Waals surface area contributed by atoms with E-state index >= 15 is 0 Å². The van der Waals surface area contributed by atoms with E-state index in [-0.39, 0.29) is 6.42 Å². The van der Waals surface area contributed by atoms with Gasteiger partial charge in [0.2, 0.25) is 6.10 Å². The number of alkyl carbamates (subject to hydrolysis) is 1. The van der Waals surface area contributed by atoms with E-state index in [1.54, 1.807) is 27.7 Å². The Labute approximate surface area is 112 Å². The molecule has 0 aromatic heterocycles. The third-order valence-electron chi connectivity index (χ3n) is 2.04. The van der Waals surface area contributed by atoms with E-state index in [0.717, 1.165) is 6.92 Å². The van der Waals surface area contributed by atoms with Crippen LogP contribution in [0.5, 0.6) is 0 Å². The van der Waals surface area contributed by atoms with Gasteiger partial charge in [0.25, 0.3) is 0 Å². The second-order valence-electron chi connectivity index (χ2n) is 5.03. The molecule has 0 aliphatic heterocycles. The maximum atomic E-state index is 11.6. The maximum Gasteiger partial charge on any atom is 0.408 e. The first-order chi connectivity index (χ1) is 8.56. The fraction of sp³-hybridized carbons (Fsp3) is 0.750. The molecule has 110 valence electrons. The van der Waals surface area contributed by atoms with Crippen LogP contribution >= 0.6 is 0 Å². The lowest BCUT2D eigenvalue weighted by Crippen LogP contribution is -2.49. The number of carbonyl (C=O) groups excluding carboxylic acids is 2. The fourth-order valence-electron chi connectivity index (χ4n) is 1.33. The van der Waals surface area contributed by atoms with Crippen LogP contribution in [0, 0.1) is 0 Å². The summed E-state index contributed by atoms with van der Waals surface area (Å²) in [5, 5.41) is 11.4. The van der Waals surface area contributed by atoms with Crippen molar-refractivity contribution in [3.05, 3.63) is 0 Å². The molecule has 0 heterocycles. The number of hydrogen-bond donors (Lipinski definition) is 2. The summed E-state index contributed by atoms with van der Waals surface area (Å²) in [4.78, 5) is 33.5. The van der Waals surface area contributed by atoms with Gasteiger partial charge >= 0.3 is 18.0 Å². The van der Waals surface area contributed by atoms with Gasteiger partial charge in [0.1, 0.15) is 5.60 Å². The zero-order chi connectivity index (χ0) is 15.2. The Morgan fingerprint density at radius 3 is 2.11 bits per heavy atom. The zero-order valence-corrected chi connectivity index (χ0v) is 11.9. The fourth-order valence-corrected chi connectivity index (χ4v) is 1.33. The molecule has 0 bridgehead atoms. The van der Waals surface area contributed by atoms with Crippen molar-refractivity contribution in [3.63, 3.8) is 0 Å². The van der Waals surface area contributed by atoms with Gasteiger partial charge in [0.05, 0.1) is 6.04 Å². The standard InChI is InChI=1S/C12H21NO6/c1-6-8(9(10(15)16)18-7(2)14)13-11(17)19-12(3,4)5/h8-9H,6H2,1-5H3,(H,13,17)(H,15,16)/t8-,9?/m0/s1. The molecular formula is C12H21NO6. The summed E-state index contributed by atoms with van der Waals surface area (Å²) >= 11 is 0. The number of carbonyl (C=O) groups is 3. The van der Waals surface area contributed by atoms with E-state index in [1.807, 2.05) is 0 Å². The molecule has 7 heteroatoms. The minimum Gasteiger partial charge on any atom is -0.478 e. The molecule has 0 saturated carbocycles. The molecule has 0 aliphatic rings. The number of carboxylic acids is 1. The molecule has 0 aromatic carbocycles. The zero-order valence-electron chi connectivity index (χ0n) is 11.9.